The Kier molecular flexibility index (Phi) is 4.32. The van der Waals surface area contributed by atoms with E-state index in [2.05, 4.69) is 42.7 Å². The Morgan fingerprint density at radius 3 is 2.63 bits per heavy atom. The van der Waals surface area contributed by atoms with Crippen LogP contribution in [0.2, 0.25) is 0 Å². The predicted octanol–water partition coefficient (Wildman–Crippen LogP) is 2.12. The normalized spacial score (nSPS) is 24.7. The van der Waals surface area contributed by atoms with Crippen LogP contribution in [0.15, 0.2) is 29.3 Å². The number of imide groups is 1. The van der Waals surface area contributed by atoms with E-state index in [0.717, 1.165) is 31.2 Å². The number of aryl methyl sites for hydroxylation is 1. The third-order valence-corrected chi connectivity index (χ3v) is 5.71. The third-order valence-electron chi connectivity index (χ3n) is 5.71. The van der Waals surface area contributed by atoms with Gasteiger partial charge in [0.15, 0.2) is 12.2 Å². The lowest BCUT2D eigenvalue weighted by molar-refractivity contribution is -0.137. The molecule has 7 heteroatoms. The fourth-order valence-electron chi connectivity index (χ4n) is 4.12. The number of guanidine groups is 1. The predicted molar refractivity (Wildman–Crippen MR) is 105 cm³/mol. The molecule has 2 unspecified atom stereocenters. The number of aliphatic imine (C=N–C) groups is 1. The van der Waals surface area contributed by atoms with Crippen LogP contribution in [0.3, 0.4) is 0 Å². The first-order chi connectivity index (χ1) is 12.9. The number of likely N-dealkylation sites (N-methyl/N-ethyl adjacent to an activating group) is 1. The fourth-order valence-corrected chi connectivity index (χ4v) is 4.12. The monoisotopic (exact) mass is 369 g/mol. The van der Waals surface area contributed by atoms with Crippen molar-refractivity contribution in [3.05, 3.63) is 29.8 Å². The molecule has 27 heavy (non-hydrogen) atoms. The molecule has 0 saturated carbocycles. The van der Waals surface area contributed by atoms with Gasteiger partial charge in [-0.25, -0.2) is 9.79 Å². The van der Waals surface area contributed by atoms with E-state index in [-0.39, 0.29) is 11.9 Å². The van der Waals surface area contributed by atoms with E-state index in [4.69, 9.17) is 4.99 Å². The quantitative estimate of drug-likeness (QED) is 0.816. The SMILES string of the molecule is Cc1ccccc1N1CCN2C1=NC1C2C(=O)N(CCC(C)C)C(=O)N1C. The average molecular weight is 369 g/mol. The van der Waals surface area contributed by atoms with E-state index < -0.39 is 12.2 Å². The van der Waals surface area contributed by atoms with Crippen molar-refractivity contribution in [2.45, 2.75) is 39.4 Å². The number of anilines is 1. The highest BCUT2D eigenvalue weighted by molar-refractivity contribution is 6.08. The van der Waals surface area contributed by atoms with Gasteiger partial charge in [0, 0.05) is 32.4 Å². The minimum absolute atomic E-state index is 0.117. The number of nitrogens with zero attached hydrogens (tertiary/aromatic N) is 5. The molecule has 3 aliphatic heterocycles. The number of carbonyl (C=O) groups excluding carboxylic acids is 2. The summed E-state index contributed by atoms with van der Waals surface area (Å²) < 4.78 is 0. The Labute approximate surface area is 160 Å². The van der Waals surface area contributed by atoms with Crippen molar-refractivity contribution in [3.8, 4) is 0 Å². The molecule has 0 bridgehead atoms. The van der Waals surface area contributed by atoms with E-state index in [1.165, 1.54) is 10.5 Å². The second-order valence-electron chi connectivity index (χ2n) is 7.98. The lowest BCUT2D eigenvalue weighted by Gasteiger charge is -2.40. The van der Waals surface area contributed by atoms with Gasteiger partial charge in [-0.05, 0) is 30.9 Å². The van der Waals surface area contributed by atoms with Crippen molar-refractivity contribution < 1.29 is 9.59 Å². The molecule has 1 aromatic rings. The van der Waals surface area contributed by atoms with Gasteiger partial charge < -0.3 is 14.7 Å². The van der Waals surface area contributed by atoms with Gasteiger partial charge in [0.05, 0.1) is 0 Å². The minimum Gasteiger partial charge on any atom is -0.325 e. The summed E-state index contributed by atoms with van der Waals surface area (Å²) in [7, 11) is 1.75. The highest BCUT2D eigenvalue weighted by Gasteiger charge is 2.54. The average Bonchev–Trinajstić information content (AvgIpc) is 3.19. The summed E-state index contributed by atoms with van der Waals surface area (Å²) in [5, 5.41) is 0. The Balaban J connectivity index is 1.63. The molecule has 2 fully saturated rings. The highest BCUT2D eigenvalue weighted by atomic mass is 16.2. The molecule has 0 aromatic heterocycles. The summed E-state index contributed by atoms with van der Waals surface area (Å²) in [4.78, 5) is 38.0. The first-order valence-corrected chi connectivity index (χ1v) is 9.66. The van der Waals surface area contributed by atoms with Crippen LogP contribution in [0, 0.1) is 12.8 Å². The van der Waals surface area contributed by atoms with E-state index in [1.807, 2.05) is 12.1 Å². The Morgan fingerprint density at radius 2 is 1.93 bits per heavy atom. The van der Waals surface area contributed by atoms with Gasteiger partial charge in [0.2, 0.25) is 5.96 Å². The van der Waals surface area contributed by atoms with E-state index in [0.29, 0.717) is 12.5 Å². The Bertz CT molecular complexity index is 805. The molecule has 3 heterocycles. The van der Waals surface area contributed by atoms with Crippen molar-refractivity contribution in [1.82, 2.24) is 14.7 Å². The smallest absolute Gasteiger partial charge is 0.325 e. The topological polar surface area (TPSA) is 59.5 Å². The number of hydrogen-bond acceptors (Lipinski definition) is 5. The highest BCUT2D eigenvalue weighted by Crippen LogP contribution is 2.34. The number of rotatable bonds is 4. The van der Waals surface area contributed by atoms with E-state index in [1.54, 1.807) is 11.9 Å². The van der Waals surface area contributed by atoms with E-state index >= 15 is 0 Å². The van der Waals surface area contributed by atoms with Crippen LogP contribution >= 0.6 is 0 Å². The molecule has 0 N–H and O–H groups in total. The molecule has 2 atom stereocenters. The van der Waals surface area contributed by atoms with Crippen molar-refractivity contribution in [2.24, 2.45) is 10.9 Å². The Hall–Kier alpha value is -2.57. The summed E-state index contributed by atoms with van der Waals surface area (Å²) in [5.74, 6) is 1.12. The molecule has 7 nitrogen and oxygen atoms in total. The molecule has 3 amide bonds. The number of amides is 3. The van der Waals surface area contributed by atoms with Gasteiger partial charge in [-0.2, -0.15) is 0 Å². The van der Waals surface area contributed by atoms with Crippen LogP contribution in [-0.4, -0.2) is 71.5 Å². The molecule has 0 spiro atoms. The largest absolute Gasteiger partial charge is 0.328 e. The van der Waals surface area contributed by atoms with E-state index in [9.17, 15) is 9.59 Å². The van der Waals surface area contributed by atoms with Gasteiger partial charge in [-0.15, -0.1) is 0 Å². The van der Waals surface area contributed by atoms with Crippen LogP contribution in [0.1, 0.15) is 25.8 Å². The zero-order valence-corrected chi connectivity index (χ0v) is 16.4. The number of hydrogen-bond donors (Lipinski definition) is 0. The molecule has 1 aromatic carbocycles. The number of benzene rings is 1. The van der Waals surface area contributed by atoms with Crippen LogP contribution in [0.4, 0.5) is 10.5 Å². The Morgan fingerprint density at radius 1 is 1.19 bits per heavy atom. The van der Waals surface area contributed by atoms with Gasteiger partial charge in [0.25, 0.3) is 5.91 Å². The van der Waals surface area contributed by atoms with Gasteiger partial charge in [-0.1, -0.05) is 32.0 Å². The number of para-hydroxylation sites is 1. The van der Waals surface area contributed by atoms with Crippen molar-refractivity contribution in [2.75, 3.05) is 31.6 Å². The fraction of sp³-hybridized carbons (Fsp3) is 0.550. The second-order valence-corrected chi connectivity index (χ2v) is 7.98. The zero-order valence-electron chi connectivity index (χ0n) is 16.4. The van der Waals surface area contributed by atoms with Crippen molar-refractivity contribution in [1.29, 1.82) is 0 Å². The molecule has 3 aliphatic rings. The lowest BCUT2D eigenvalue weighted by atomic mass is 10.1. The maximum Gasteiger partial charge on any atom is 0.328 e. The third kappa shape index (κ3) is 2.76. The first kappa shape index (κ1) is 17.8. The summed E-state index contributed by atoms with van der Waals surface area (Å²) >= 11 is 0. The minimum atomic E-state index is -0.442. The summed E-state index contributed by atoms with van der Waals surface area (Å²) in [5.41, 5.74) is 2.28. The molecular formula is C20H27N5O2. The molecule has 144 valence electrons. The van der Waals surface area contributed by atoms with Crippen LogP contribution in [0.5, 0.6) is 0 Å². The number of urea groups is 1. The molecule has 0 radical (unpaired) electrons. The van der Waals surface area contributed by atoms with Crippen LogP contribution < -0.4 is 4.90 Å². The molecule has 2 saturated heterocycles. The second kappa shape index (κ2) is 6.55. The maximum atomic E-state index is 13.2. The number of carbonyl (C=O) groups is 2. The molecule has 0 aliphatic carbocycles. The van der Waals surface area contributed by atoms with Gasteiger partial charge >= 0.3 is 6.03 Å². The first-order valence-electron chi connectivity index (χ1n) is 9.66. The zero-order chi connectivity index (χ0) is 19.3. The number of fused-ring (bicyclic) bond motifs is 3. The molecule has 4 rings (SSSR count). The van der Waals surface area contributed by atoms with Gasteiger partial charge in [0.1, 0.15) is 0 Å². The summed E-state index contributed by atoms with van der Waals surface area (Å²) in [6, 6.07) is 7.54. The summed E-state index contributed by atoms with van der Waals surface area (Å²) in [6.07, 6.45) is 0.369. The summed E-state index contributed by atoms with van der Waals surface area (Å²) in [6.45, 7) is 8.28. The van der Waals surface area contributed by atoms with Crippen molar-refractivity contribution >= 4 is 23.6 Å². The lowest BCUT2D eigenvalue weighted by Crippen LogP contribution is -2.64. The van der Waals surface area contributed by atoms with Crippen LogP contribution in [-0.2, 0) is 4.79 Å². The van der Waals surface area contributed by atoms with Gasteiger partial charge in [-0.3, -0.25) is 9.69 Å². The van der Waals surface area contributed by atoms with Crippen LogP contribution in [0.25, 0.3) is 0 Å². The maximum absolute atomic E-state index is 13.2. The standard InChI is InChI=1S/C20H27N5O2/c1-13(2)9-10-25-18(26)16-17(22(4)20(25)27)21-19-23(11-12-24(16)19)15-8-6-5-7-14(15)3/h5-8,13,16-17H,9-12H2,1-4H3. The molecular weight excluding hydrogens is 342 g/mol. The van der Waals surface area contributed by atoms with Crippen molar-refractivity contribution in [3.63, 3.8) is 0 Å².